The highest BCUT2D eigenvalue weighted by Gasteiger charge is 2.09. The lowest BCUT2D eigenvalue weighted by Crippen LogP contribution is -2.30. The van der Waals surface area contributed by atoms with Gasteiger partial charge in [-0.3, -0.25) is 0 Å². The molecule has 0 aliphatic carbocycles. The number of rotatable bonds is 6. The van der Waals surface area contributed by atoms with Crippen molar-refractivity contribution >= 4 is 11.7 Å². The molecular formula is C17H19FN2O3. The maximum atomic E-state index is 13.5. The van der Waals surface area contributed by atoms with E-state index in [2.05, 4.69) is 10.6 Å². The van der Waals surface area contributed by atoms with Gasteiger partial charge in [0.1, 0.15) is 17.3 Å². The van der Waals surface area contributed by atoms with Crippen LogP contribution in [-0.2, 0) is 6.42 Å². The highest BCUT2D eigenvalue weighted by Crippen LogP contribution is 2.28. The third-order valence-electron chi connectivity index (χ3n) is 3.29. The molecule has 6 heteroatoms. The first-order valence-electron chi connectivity index (χ1n) is 7.14. The molecule has 0 saturated carbocycles. The number of carbonyl (C=O) groups excluding carboxylic acids is 1. The molecule has 0 radical (unpaired) electrons. The van der Waals surface area contributed by atoms with Gasteiger partial charge in [0.25, 0.3) is 0 Å². The lowest BCUT2D eigenvalue weighted by Gasteiger charge is -2.12. The molecule has 2 amide bonds. The van der Waals surface area contributed by atoms with Crippen LogP contribution in [0.15, 0.2) is 42.5 Å². The summed E-state index contributed by atoms with van der Waals surface area (Å²) >= 11 is 0. The van der Waals surface area contributed by atoms with Crippen LogP contribution in [0.3, 0.4) is 0 Å². The molecule has 2 aromatic carbocycles. The normalized spacial score (nSPS) is 10.0. The SMILES string of the molecule is COc1ccc(OC)c(NC(=O)NCCc2ccccc2F)c1. The van der Waals surface area contributed by atoms with Crippen molar-refractivity contribution in [2.45, 2.75) is 6.42 Å². The number of hydrogen-bond donors (Lipinski definition) is 2. The molecule has 0 aliphatic heterocycles. The van der Waals surface area contributed by atoms with Gasteiger partial charge in [0.2, 0.25) is 0 Å². The van der Waals surface area contributed by atoms with Crippen LogP contribution >= 0.6 is 0 Å². The average molecular weight is 318 g/mol. The summed E-state index contributed by atoms with van der Waals surface area (Å²) in [6.07, 6.45) is 0.412. The molecule has 5 nitrogen and oxygen atoms in total. The van der Waals surface area contributed by atoms with E-state index < -0.39 is 6.03 Å². The minimum absolute atomic E-state index is 0.274. The molecule has 0 unspecified atom stereocenters. The molecule has 0 aromatic heterocycles. The van der Waals surface area contributed by atoms with E-state index in [-0.39, 0.29) is 5.82 Å². The van der Waals surface area contributed by atoms with E-state index in [1.165, 1.54) is 13.2 Å². The van der Waals surface area contributed by atoms with Crippen LogP contribution in [0.25, 0.3) is 0 Å². The Bertz CT molecular complexity index is 677. The first-order chi connectivity index (χ1) is 11.1. The van der Waals surface area contributed by atoms with E-state index in [4.69, 9.17) is 9.47 Å². The van der Waals surface area contributed by atoms with E-state index in [0.29, 0.717) is 35.7 Å². The molecule has 0 heterocycles. The molecule has 122 valence electrons. The van der Waals surface area contributed by atoms with Crippen LogP contribution in [-0.4, -0.2) is 26.8 Å². The van der Waals surface area contributed by atoms with Crippen molar-refractivity contribution in [2.75, 3.05) is 26.1 Å². The maximum absolute atomic E-state index is 13.5. The number of ether oxygens (including phenoxy) is 2. The quantitative estimate of drug-likeness (QED) is 0.860. The Morgan fingerprint density at radius 2 is 1.91 bits per heavy atom. The highest BCUT2D eigenvalue weighted by molar-refractivity contribution is 5.91. The van der Waals surface area contributed by atoms with Crippen LogP contribution in [0.1, 0.15) is 5.56 Å². The van der Waals surface area contributed by atoms with Crippen molar-refractivity contribution in [2.24, 2.45) is 0 Å². The van der Waals surface area contributed by atoms with Gasteiger partial charge in [-0.05, 0) is 30.2 Å². The monoisotopic (exact) mass is 318 g/mol. The third kappa shape index (κ3) is 4.60. The topological polar surface area (TPSA) is 59.6 Å². The summed E-state index contributed by atoms with van der Waals surface area (Å²) in [5, 5.41) is 5.37. The van der Waals surface area contributed by atoms with E-state index in [1.54, 1.807) is 43.5 Å². The van der Waals surface area contributed by atoms with Crippen molar-refractivity contribution in [3.8, 4) is 11.5 Å². The second-order valence-corrected chi connectivity index (χ2v) is 4.79. The van der Waals surface area contributed by atoms with Crippen molar-refractivity contribution in [1.82, 2.24) is 5.32 Å². The van der Waals surface area contributed by atoms with Gasteiger partial charge in [-0.1, -0.05) is 18.2 Å². The molecule has 2 rings (SSSR count). The van der Waals surface area contributed by atoms with Crippen LogP contribution in [0.2, 0.25) is 0 Å². The summed E-state index contributed by atoms with van der Waals surface area (Å²) in [6.45, 7) is 0.319. The zero-order valence-electron chi connectivity index (χ0n) is 13.1. The molecule has 0 fully saturated rings. The molecule has 0 spiro atoms. The van der Waals surface area contributed by atoms with E-state index in [0.717, 1.165) is 0 Å². The minimum atomic E-state index is -0.395. The Morgan fingerprint density at radius 1 is 1.13 bits per heavy atom. The first-order valence-corrected chi connectivity index (χ1v) is 7.14. The smallest absolute Gasteiger partial charge is 0.319 e. The number of hydrogen-bond acceptors (Lipinski definition) is 3. The van der Waals surface area contributed by atoms with Gasteiger partial charge >= 0.3 is 6.03 Å². The lowest BCUT2D eigenvalue weighted by atomic mass is 10.1. The Balaban J connectivity index is 1.91. The molecule has 0 bridgehead atoms. The zero-order chi connectivity index (χ0) is 16.7. The Labute approximate surface area is 134 Å². The minimum Gasteiger partial charge on any atom is -0.497 e. The third-order valence-corrected chi connectivity index (χ3v) is 3.29. The predicted molar refractivity (Wildman–Crippen MR) is 86.7 cm³/mol. The number of amides is 2. The van der Waals surface area contributed by atoms with E-state index >= 15 is 0 Å². The van der Waals surface area contributed by atoms with E-state index in [1.807, 2.05) is 0 Å². The van der Waals surface area contributed by atoms with Gasteiger partial charge in [0, 0.05) is 12.6 Å². The number of benzene rings is 2. The molecule has 0 atom stereocenters. The summed E-state index contributed by atoms with van der Waals surface area (Å²) in [7, 11) is 3.06. The van der Waals surface area contributed by atoms with E-state index in [9.17, 15) is 9.18 Å². The first kappa shape index (κ1) is 16.6. The Hall–Kier alpha value is -2.76. The Morgan fingerprint density at radius 3 is 2.61 bits per heavy atom. The second-order valence-electron chi connectivity index (χ2n) is 4.79. The van der Waals surface area contributed by atoms with Gasteiger partial charge in [-0.15, -0.1) is 0 Å². The van der Waals surface area contributed by atoms with Gasteiger partial charge in [0.05, 0.1) is 19.9 Å². The van der Waals surface area contributed by atoms with Crippen molar-refractivity contribution in [3.63, 3.8) is 0 Å². The number of halogens is 1. The molecule has 2 aromatic rings. The van der Waals surface area contributed by atoms with Gasteiger partial charge in [-0.25, -0.2) is 9.18 Å². The van der Waals surface area contributed by atoms with Crippen LogP contribution < -0.4 is 20.1 Å². The van der Waals surface area contributed by atoms with Gasteiger partial charge in [-0.2, -0.15) is 0 Å². The molecule has 2 N–H and O–H groups in total. The molecule has 23 heavy (non-hydrogen) atoms. The fourth-order valence-electron chi connectivity index (χ4n) is 2.09. The second kappa shape index (κ2) is 8.03. The summed E-state index contributed by atoms with van der Waals surface area (Å²) in [5.41, 5.74) is 1.06. The number of urea groups is 1. The molecule has 0 saturated heterocycles. The number of carbonyl (C=O) groups is 1. The summed E-state index contributed by atoms with van der Waals surface area (Å²) in [5.74, 6) is 0.853. The van der Waals surface area contributed by atoms with Crippen molar-refractivity contribution in [3.05, 3.63) is 53.8 Å². The predicted octanol–water partition coefficient (Wildman–Crippen LogP) is 3.21. The van der Waals surface area contributed by atoms with Crippen molar-refractivity contribution < 1.29 is 18.7 Å². The van der Waals surface area contributed by atoms with Crippen LogP contribution in [0, 0.1) is 5.82 Å². The fraction of sp³-hybridized carbons (Fsp3) is 0.235. The van der Waals surface area contributed by atoms with Crippen LogP contribution in [0.4, 0.5) is 14.9 Å². The summed E-state index contributed by atoms with van der Waals surface area (Å²) in [6, 6.07) is 11.2. The number of nitrogens with one attached hydrogen (secondary N) is 2. The summed E-state index contributed by atoms with van der Waals surface area (Å²) in [4.78, 5) is 11.9. The number of anilines is 1. The molecule has 0 aliphatic rings. The Kier molecular flexibility index (Phi) is 5.80. The van der Waals surface area contributed by atoms with Crippen LogP contribution in [0.5, 0.6) is 11.5 Å². The zero-order valence-corrected chi connectivity index (χ0v) is 13.1. The van der Waals surface area contributed by atoms with Crippen molar-refractivity contribution in [1.29, 1.82) is 0 Å². The lowest BCUT2D eigenvalue weighted by molar-refractivity contribution is 0.252. The fourth-order valence-corrected chi connectivity index (χ4v) is 2.09. The summed E-state index contributed by atoms with van der Waals surface area (Å²) < 4.78 is 23.8. The number of methoxy groups -OCH3 is 2. The molecular weight excluding hydrogens is 299 g/mol. The largest absolute Gasteiger partial charge is 0.497 e. The maximum Gasteiger partial charge on any atom is 0.319 e. The standard InChI is InChI=1S/C17H19FN2O3/c1-22-13-7-8-16(23-2)15(11-13)20-17(21)19-10-9-12-5-3-4-6-14(12)18/h3-8,11H,9-10H2,1-2H3,(H2,19,20,21). The highest BCUT2D eigenvalue weighted by atomic mass is 19.1. The van der Waals surface area contributed by atoms with Gasteiger partial charge in [0.15, 0.2) is 0 Å². The average Bonchev–Trinajstić information content (AvgIpc) is 2.56. The van der Waals surface area contributed by atoms with Gasteiger partial charge < -0.3 is 20.1 Å².